The van der Waals surface area contributed by atoms with Crippen LogP contribution < -0.4 is 0 Å². The Morgan fingerprint density at radius 3 is 2.04 bits per heavy atom. The van der Waals surface area contributed by atoms with Gasteiger partial charge in [0.15, 0.2) is 11.6 Å². The largest absolute Gasteiger partial charge is 0.328 e. The van der Waals surface area contributed by atoms with Gasteiger partial charge < -0.3 is 4.90 Å². The molecule has 2 aromatic heterocycles. The Morgan fingerprint density at radius 1 is 0.913 bits per heavy atom. The van der Waals surface area contributed by atoms with E-state index in [0.717, 1.165) is 15.8 Å². The molecule has 2 heterocycles. The highest BCUT2D eigenvalue weighted by Crippen LogP contribution is 2.21. The lowest BCUT2D eigenvalue weighted by molar-refractivity contribution is 0.0727. The normalized spacial score (nSPS) is 10.7. The van der Waals surface area contributed by atoms with Gasteiger partial charge in [-0.15, -0.1) is 22.7 Å². The number of rotatable bonds is 5. The van der Waals surface area contributed by atoms with Gasteiger partial charge in [-0.05, 0) is 35.0 Å². The lowest BCUT2D eigenvalue weighted by Gasteiger charge is -2.22. The number of carbonyl (C=O) groups is 1. The molecule has 23 heavy (non-hydrogen) atoms. The van der Waals surface area contributed by atoms with Crippen LogP contribution >= 0.6 is 22.7 Å². The number of amides is 1. The van der Waals surface area contributed by atoms with Gasteiger partial charge in [-0.3, -0.25) is 4.79 Å². The number of hydrogen-bond acceptors (Lipinski definition) is 3. The van der Waals surface area contributed by atoms with Crippen molar-refractivity contribution < 1.29 is 13.6 Å². The van der Waals surface area contributed by atoms with E-state index in [9.17, 15) is 13.6 Å². The molecule has 2 nitrogen and oxygen atoms in total. The third kappa shape index (κ3) is 3.65. The first-order valence-corrected chi connectivity index (χ1v) is 8.69. The van der Waals surface area contributed by atoms with Crippen LogP contribution in [0.5, 0.6) is 0 Å². The zero-order valence-electron chi connectivity index (χ0n) is 12.0. The standard InChI is InChI=1S/C17H13F2NOS2/c18-15-7-1-6-14(16(15)19)17(21)20(10-12-4-2-8-22-12)11-13-5-3-9-23-13/h1-9H,10-11H2. The van der Waals surface area contributed by atoms with Gasteiger partial charge in [0, 0.05) is 9.75 Å². The topological polar surface area (TPSA) is 20.3 Å². The molecule has 118 valence electrons. The highest BCUT2D eigenvalue weighted by Gasteiger charge is 2.22. The maximum absolute atomic E-state index is 14.0. The Bertz CT molecular complexity index is 749. The third-order valence-corrected chi connectivity index (χ3v) is 5.05. The molecule has 0 bridgehead atoms. The third-order valence-electron chi connectivity index (χ3n) is 3.32. The molecule has 0 aliphatic rings. The Labute approximate surface area is 140 Å². The zero-order valence-corrected chi connectivity index (χ0v) is 13.7. The molecule has 0 radical (unpaired) electrons. The van der Waals surface area contributed by atoms with Gasteiger partial charge >= 0.3 is 0 Å². The van der Waals surface area contributed by atoms with Crippen LogP contribution in [0.2, 0.25) is 0 Å². The summed E-state index contributed by atoms with van der Waals surface area (Å²) >= 11 is 3.05. The SMILES string of the molecule is O=C(c1cccc(F)c1F)N(Cc1cccs1)Cc1cccs1. The summed E-state index contributed by atoms with van der Waals surface area (Å²) in [5.74, 6) is -2.62. The fourth-order valence-electron chi connectivity index (χ4n) is 2.22. The van der Waals surface area contributed by atoms with E-state index >= 15 is 0 Å². The first kappa shape index (κ1) is 15.8. The van der Waals surface area contributed by atoms with Crippen molar-refractivity contribution in [1.82, 2.24) is 4.90 Å². The molecule has 0 saturated carbocycles. The van der Waals surface area contributed by atoms with E-state index in [0.29, 0.717) is 13.1 Å². The van der Waals surface area contributed by atoms with Gasteiger partial charge in [0.25, 0.3) is 5.91 Å². The quantitative estimate of drug-likeness (QED) is 0.639. The maximum atomic E-state index is 14.0. The summed E-state index contributed by atoms with van der Waals surface area (Å²) in [6.45, 7) is 0.731. The molecular formula is C17H13F2NOS2. The maximum Gasteiger partial charge on any atom is 0.257 e. The van der Waals surface area contributed by atoms with Crippen molar-refractivity contribution in [1.29, 1.82) is 0 Å². The Kier molecular flexibility index (Phi) is 4.83. The number of benzene rings is 1. The average molecular weight is 349 g/mol. The van der Waals surface area contributed by atoms with E-state index < -0.39 is 17.5 Å². The molecule has 3 aromatic rings. The zero-order chi connectivity index (χ0) is 16.2. The van der Waals surface area contributed by atoms with Crippen LogP contribution in [0.15, 0.2) is 53.2 Å². The minimum Gasteiger partial charge on any atom is -0.328 e. The molecular weight excluding hydrogens is 336 g/mol. The van der Waals surface area contributed by atoms with Crippen LogP contribution in [0.25, 0.3) is 0 Å². The van der Waals surface area contributed by atoms with E-state index in [1.54, 1.807) is 0 Å². The van der Waals surface area contributed by atoms with Gasteiger partial charge in [0.2, 0.25) is 0 Å². The molecule has 6 heteroatoms. The second kappa shape index (κ2) is 7.02. The molecule has 0 atom stereocenters. The van der Waals surface area contributed by atoms with Gasteiger partial charge in [0.05, 0.1) is 18.7 Å². The van der Waals surface area contributed by atoms with Crippen molar-refractivity contribution in [2.75, 3.05) is 0 Å². The summed E-state index contributed by atoms with van der Waals surface area (Å²) in [6, 6.07) is 11.3. The van der Waals surface area contributed by atoms with Crippen molar-refractivity contribution in [2.45, 2.75) is 13.1 Å². The van der Waals surface area contributed by atoms with Crippen molar-refractivity contribution in [3.8, 4) is 0 Å². The van der Waals surface area contributed by atoms with Crippen molar-refractivity contribution >= 4 is 28.6 Å². The second-order valence-electron chi connectivity index (χ2n) is 4.92. The Morgan fingerprint density at radius 2 is 1.52 bits per heavy atom. The van der Waals surface area contributed by atoms with Gasteiger partial charge in [-0.1, -0.05) is 18.2 Å². The minimum absolute atomic E-state index is 0.238. The number of halogens is 2. The summed E-state index contributed by atoms with van der Waals surface area (Å²) < 4.78 is 27.4. The monoisotopic (exact) mass is 349 g/mol. The number of thiophene rings is 2. The lowest BCUT2D eigenvalue weighted by Crippen LogP contribution is -2.30. The van der Waals surface area contributed by atoms with Crippen molar-refractivity contribution in [3.05, 3.63) is 80.2 Å². The molecule has 0 N–H and O–H groups in total. The summed E-state index contributed by atoms with van der Waals surface area (Å²) in [6.07, 6.45) is 0. The molecule has 1 aromatic carbocycles. The molecule has 1 amide bonds. The number of carbonyl (C=O) groups excluding carboxylic acids is 1. The molecule has 0 unspecified atom stereocenters. The number of hydrogen-bond donors (Lipinski definition) is 0. The predicted octanol–water partition coefficient (Wildman–Crippen LogP) is 4.93. The second-order valence-corrected chi connectivity index (χ2v) is 6.99. The number of nitrogens with zero attached hydrogens (tertiary/aromatic N) is 1. The van der Waals surface area contributed by atoms with E-state index in [2.05, 4.69) is 0 Å². The summed E-state index contributed by atoms with van der Waals surface area (Å²) in [5, 5.41) is 3.85. The van der Waals surface area contributed by atoms with E-state index in [1.165, 1.54) is 39.7 Å². The molecule has 0 aliphatic heterocycles. The molecule has 0 spiro atoms. The van der Waals surface area contributed by atoms with Crippen LogP contribution in [-0.2, 0) is 13.1 Å². The fourth-order valence-corrected chi connectivity index (χ4v) is 3.66. The molecule has 3 rings (SSSR count). The van der Waals surface area contributed by atoms with E-state index in [-0.39, 0.29) is 5.56 Å². The average Bonchev–Trinajstić information content (AvgIpc) is 3.22. The van der Waals surface area contributed by atoms with Crippen LogP contribution in [-0.4, -0.2) is 10.8 Å². The highest BCUT2D eigenvalue weighted by atomic mass is 32.1. The Balaban J connectivity index is 1.90. The van der Waals surface area contributed by atoms with Crippen LogP contribution in [0.1, 0.15) is 20.1 Å². The smallest absolute Gasteiger partial charge is 0.257 e. The van der Waals surface area contributed by atoms with Crippen LogP contribution in [0.3, 0.4) is 0 Å². The van der Waals surface area contributed by atoms with Crippen LogP contribution in [0.4, 0.5) is 8.78 Å². The molecule has 0 aliphatic carbocycles. The first-order chi connectivity index (χ1) is 11.1. The lowest BCUT2D eigenvalue weighted by atomic mass is 10.1. The Hall–Kier alpha value is -2.05. The molecule has 0 fully saturated rings. The van der Waals surface area contributed by atoms with Crippen molar-refractivity contribution in [2.24, 2.45) is 0 Å². The van der Waals surface area contributed by atoms with Gasteiger partial charge in [-0.25, -0.2) is 8.78 Å². The van der Waals surface area contributed by atoms with Crippen molar-refractivity contribution in [3.63, 3.8) is 0 Å². The summed E-state index contributed by atoms with van der Waals surface area (Å²) in [4.78, 5) is 16.2. The van der Waals surface area contributed by atoms with E-state index in [4.69, 9.17) is 0 Å². The fraction of sp³-hybridized carbons (Fsp3) is 0.118. The van der Waals surface area contributed by atoms with Gasteiger partial charge in [-0.2, -0.15) is 0 Å². The predicted molar refractivity (Wildman–Crippen MR) is 88.6 cm³/mol. The first-order valence-electron chi connectivity index (χ1n) is 6.93. The van der Waals surface area contributed by atoms with Crippen LogP contribution in [0, 0.1) is 11.6 Å². The highest BCUT2D eigenvalue weighted by molar-refractivity contribution is 7.10. The van der Waals surface area contributed by atoms with Gasteiger partial charge in [0.1, 0.15) is 0 Å². The van der Waals surface area contributed by atoms with E-state index in [1.807, 2.05) is 35.0 Å². The minimum atomic E-state index is -1.10. The molecule has 0 saturated heterocycles. The summed E-state index contributed by atoms with van der Waals surface area (Å²) in [5.41, 5.74) is -0.238. The summed E-state index contributed by atoms with van der Waals surface area (Å²) in [7, 11) is 0.